The van der Waals surface area contributed by atoms with Crippen LogP contribution in [0.15, 0.2) is 70.3 Å². The quantitative estimate of drug-likeness (QED) is 0.149. The maximum Gasteiger partial charge on any atom is 0.336 e. The van der Waals surface area contributed by atoms with E-state index in [1.807, 2.05) is 12.1 Å². The zero-order valence-corrected chi connectivity index (χ0v) is 38.8. The minimum absolute atomic E-state index is 0. The second kappa shape index (κ2) is 25.5. The number of imide groups is 1. The van der Waals surface area contributed by atoms with Crippen LogP contribution in [-0.4, -0.2) is 122 Å². The number of hydrogen-bond donors (Lipinski definition) is 4. The molecule has 2 aromatic heterocycles. The number of amides is 3. The van der Waals surface area contributed by atoms with Gasteiger partial charge < -0.3 is 35.3 Å². The zero-order valence-electron chi connectivity index (χ0n) is 38.8. The van der Waals surface area contributed by atoms with Crippen LogP contribution in [0.25, 0.3) is 0 Å². The highest BCUT2D eigenvalue weighted by molar-refractivity contribution is 6.01. The van der Waals surface area contributed by atoms with E-state index in [0.29, 0.717) is 80.7 Å². The van der Waals surface area contributed by atoms with Gasteiger partial charge in [0, 0.05) is 103 Å². The Hall–Kier alpha value is -6.06. The number of nitrogens with two attached hydrogens (primary N) is 1. The summed E-state index contributed by atoms with van der Waals surface area (Å²) in [7, 11) is 0. The molecule has 20 heteroatoms. The van der Waals surface area contributed by atoms with Gasteiger partial charge in [-0.2, -0.15) is 0 Å². The third-order valence-electron chi connectivity index (χ3n) is 13.1. The Kier molecular flexibility index (Phi) is 19.3. The molecule has 5 aliphatic rings. The predicted molar refractivity (Wildman–Crippen MR) is 253 cm³/mol. The fourth-order valence-corrected chi connectivity index (χ4v) is 9.15. The van der Waals surface area contributed by atoms with Crippen LogP contribution in [0.1, 0.15) is 106 Å². The molecule has 4 aromatic rings. The number of benzene rings is 2. The van der Waals surface area contributed by atoms with Crippen molar-refractivity contribution in [3.8, 4) is 0 Å². The first-order valence-corrected chi connectivity index (χ1v) is 23.6. The molecule has 69 heavy (non-hydrogen) atoms. The molecule has 0 aliphatic carbocycles. The fraction of sp³-hybridized carbons (Fsp3) is 0.551. The highest BCUT2D eigenvalue weighted by Gasteiger charge is 2.36. The van der Waals surface area contributed by atoms with Gasteiger partial charge in [0.05, 0.1) is 12.5 Å². The summed E-state index contributed by atoms with van der Waals surface area (Å²) in [6.07, 6.45) is 2.83. The Labute approximate surface area is 402 Å². The highest BCUT2D eigenvalue weighted by atomic mass is 16.7. The predicted octanol–water partition coefficient (Wildman–Crippen LogP) is 2.96. The van der Waals surface area contributed by atoms with Crippen LogP contribution in [0.2, 0.25) is 0 Å². The molecule has 5 N–H and O–H groups in total. The van der Waals surface area contributed by atoms with Crippen LogP contribution in [0, 0.1) is 23.7 Å². The van der Waals surface area contributed by atoms with Gasteiger partial charge in [-0.15, -0.1) is 25.5 Å². The van der Waals surface area contributed by atoms with Gasteiger partial charge in [-0.05, 0) is 48.6 Å². The van der Waals surface area contributed by atoms with Crippen molar-refractivity contribution in [2.24, 2.45) is 29.4 Å². The summed E-state index contributed by atoms with van der Waals surface area (Å²) in [5, 5.41) is 20.0. The summed E-state index contributed by atoms with van der Waals surface area (Å²) in [6.45, 7) is 12.3. The number of aromatic nitrogens is 6. The van der Waals surface area contributed by atoms with Crippen molar-refractivity contribution in [2.75, 3.05) is 52.6 Å². The van der Waals surface area contributed by atoms with E-state index in [1.165, 1.54) is 11.1 Å². The Morgan fingerprint density at radius 1 is 0.667 bits per heavy atom. The van der Waals surface area contributed by atoms with E-state index in [1.54, 1.807) is 0 Å². The lowest BCUT2D eigenvalue weighted by Gasteiger charge is -2.22. The third-order valence-corrected chi connectivity index (χ3v) is 13.1. The number of hydrogen-bond acceptors (Lipinski definition) is 16. The Morgan fingerprint density at radius 3 is 1.57 bits per heavy atom. The largest absolute Gasteiger partial charge is 0.381 e. The van der Waals surface area contributed by atoms with Gasteiger partial charge in [-0.3, -0.25) is 33.8 Å². The van der Waals surface area contributed by atoms with Crippen LogP contribution >= 0.6 is 0 Å². The minimum Gasteiger partial charge on any atom is -0.381 e. The highest BCUT2D eigenvalue weighted by Crippen LogP contribution is 2.32. The summed E-state index contributed by atoms with van der Waals surface area (Å²) in [4.78, 5) is 86.0. The zero-order chi connectivity index (χ0) is 48.0. The van der Waals surface area contributed by atoms with E-state index < -0.39 is 17.8 Å². The normalized spacial score (nSPS) is 22.2. The molecule has 5 fully saturated rings. The maximum atomic E-state index is 12.5. The Morgan fingerprint density at radius 2 is 1.12 bits per heavy atom. The van der Waals surface area contributed by atoms with Crippen molar-refractivity contribution in [3.05, 3.63) is 116 Å². The topological polar surface area (TPSA) is 261 Å². The van der Waals surface area contributed by atoms with Gasteiger partial charge >= 0.3 is 5.97 Å². The number of H-pyrrole nitrogens is 2. The van der Waals surface area contributed by atoms with Crippen LogP contribution in [0.4, 0.5) is 0 Å². The van der Waals surface area contributed by atoms with E-state index in [-0.39, 0.29) is 85.4 Å². The van der Waals surface area contributed by atoms with E-state index in [0.717, 1.165) is 39.3 Å². The summed E-state index contributed by atoms with van der Waals surface area (Å²) in [5.74, 6) is 0.681. The number of ether oxygens (including phenoxy) is 2. The molecule has 4 atom stereocenters. The molecule has 7 heterocycles. The van der Waals surface area contributed by atoms with Crippen molar-refractivity contribution in [2.45, 2.75) is 97.8 Å². The number of likely N-dealkylation sites (tertiary alicyclic amines) is 2. The second-order valence-electron chi connectivity index (χ2n) is 18.2. The summed E-state index contributed by atoms with van der Waals surface area (Å²) >= 11 is 0. The summed E-state index contributed by atoms with van der Waals surface area (Å²) in [6, 6.07) is 20.8. The lowest BCUT2D eigenvalue weighted by molar-refractivity contribution is -0.202. The van der Waals surface area contributed by atoms with Crippen molar-refractivity contribution >= 4 is 23.7 Å². The Balaban J connectivity index is 0.000000177. The molecule has 0 spiro atoms. The maximum absolute atomic E-state index is 12.5. The first-order chi connectivity index (χ1) is 32.9. The molecule has 372 valence electrons. The van der Waals surface area contributed by atoms with E-state index in [4.69, 9.17) is 20.0 Å². The molecule has 20 nitrogen and oxygen atoms in total. The molecular weight excluding hydrogens is 887 g/mol. The number of aromatic amines is 2. The molecule has 0 radical (unpaired) electrons. The van der Waals surface area contributed by atoms with Gasteiger partial charge in [0.15, 0.2) is 0 Å². The van der Waals surface area contributed by atoms with Crippen molar-refractivity contribution in [1.82, 2.24) is 50.5 Å². The van der Waals surface area contributed by atoms with E-state index in [2.05, 4.69) is 108 Å². The Bertz CT molecular complexity index is 2410. The van der Waals surface area contributed by atoms with E-state index in [9.17, 15) is 28.8 Å². The average Bonchev–Trinajstić information content (AvgIpc) is 4.03. The van der Waals surface area contributed by atoms with Crippen LogP contribution in [0.3, 0.4) is 0 Å². The van der Waals surface area contributed by atoms with Gasteiger partial charge in [-0.1, -0.05) is 81.9 Å². The molecule has 5 aliphatic heterocycles. The smallest absolute Gasteiger partial charge is 0.336 e. The molecule has 0 saturated carbocycles. The molecule has 4 unspecified atom stereocenters. The second-order valence-corrected chi connectivity index (χ2v) is 18.2. The van der Waals surface area contributed by atoms with Crippen molar-refractivity contribution in [1.29, 1.82) is 0 Å². The standard InChI is InChI=1S/C22H29N5O3.C16H21N5O.C10H13NO5.CH4/c1-15-12-27(13-16-5-3-2-4-6-16)14-18(15)20-24-22(29)19(25-26-20)11-23-21(28)17-7-9-30-10-8-17;1-11-8-21(9-12-5-3-2-4-6-12)10-13(11)15-18-16(22)14(7-17)19-20-15;12-8-1-2-9(13)11(8)16-10(14)7-3-5-15-6-4-7;/h2-6,15,17-18H,7-14H2,1H3,(H,23,28)(H,24,26,29);2-6,11,13H,7-10,17H2,1H3,(H,18,20,22);7H,1-6H2;1H4. The van der Waals surface area contributed by atoms with Crippen LogP contribution < -0.4 is 22.2 Å². The molecule has 0 bridgehead atoms. The average molecular weight is 954 g/mol. The van der Waals surface area contributed by atoms with Gasteiger partial charge in [0.2, 0.25) is 5.91 Å². The molecule has 9 rings (SSSR count). The number of nitrogens with one attached hydrogen (secondary N) is 3. The SMILES string of the molecule is C.CC1CN(Cc2ccccc2)CC1c1nnc(CN)c(=O)[nH]1.CC1CN(Cc2ccccc2)CC1c1nnc(CNC(=O)C2CCOCC2)c(=O)[nH]1.O=C(ON1C(=O)CCC1=O)C1CCOCC1. The van der Waals surface area contributed by atoms with Gasteiger partial charge in [0.1, 0.15) is 23.0 Å². The minimum atomic E-state index is -0.507. The summed E-state index contributed by atoms with van der Waals surface area (Å²) < 4.78 is 10.4. The van der Waals surface area contributed by atoms with Crippen LogP contribution in [0.5, 0.6) is 0 Å². The number of hydroxylamine groups is 2. The lowest BCUT2D eigenvalue weighted by Crippen LogP contribution is -2.36. The molecule has 3 amide bonds. The first kappa shape index (κ1) is 52.3. The van der Waals surface area contributed by atoms with E-state index >= 15 is 0 Å². The molecule has 5 saturated heterocycles. The first-order valence-electron chi connectivity index (χ1n) is 23.6. The van der Waals surface area contributed by atoms with Gasteiger partial charge in [0.25, 0.3) is 22.9 Å². The van der Waals surface area contributed by atoms with Crippen molar-refractivity contribution < 1.29 is 33.5 Å². The monoisotopic (exact) mass is 954 g/mol. The van der Waals surface area contributed by atoms with Crippen LogP contribution in [-0.2, 0) is 59.7 Å². The van der Waals surface area contributed by atoms with Crippen molar-refractivity contribution in [3.63, 3.8) is 0 Å². The molecular formula is C49H67N11O9. The van der Waals surface area contributed by atoms with Gasteiger partial charge in [-0.25, -0.2) is 4.79 Å². The number of carbonyl (C=O) groups is 4. The molecule has 2 aromatic carbocycles. The summed E-state index contributed by atoms with van der Waals surface area (Å²) in [5.41, 5.74) is 8.07. The number of rotatable bonds is 12. The number of carbonyl (C=O) groups excluding carboxylic acids is 4. The number of nitrogens with zero attached hydrogens (tertiary/aromatic N) is 7. The third kappa shape index (κ3) is 14.5. The fourth-order valence-electron chi connectivity index (χ4n) is 9.15. The lowest BCUT2D eigenvalue weighted by atomic mass is 9.97.